The maximum Gasteiger partial charge on any atom is 0.229 e. The van der Waals surface area contributed by atoms with Crippen LogP contribution in [0.4, 0.5) is 5.82 Å². The predicted octanol–water partition coefficient (Wildman–Crippen LogP) is 5.66. The lowest BCUT2D eigenvalue weighted by Gasteiger charge is -2.08. The molecule has 8 nitrogen and oxygen atoms in total. The van der Waals surface area contributed by atoms with Crippen LogP contribution in [0.15, 0.2) is 91.5 Å². The lowest BCUT2D eigenvalue weighted by Crippen LogP contribution is -2.16. The Morgan fingerprint density at radius 1 is 0.921 bits per heavy atom. The highest BCUT2D eigenvalue weighted by molar-refractivity contribution is 6.30. The summed E-state index contributed by atoms with van der Waals surface area (Å²) in [6, 6.07) is 23.4. The Bertz CT molecular complexity index is 1760. The quantitative estimate of drug-likeness (QED) is 0.306. The number of halogens is 1. The third-order valence-corrected chi connectivity index (χ3v) is 6.70. The third kappa shape index (κ3) is 4.69. The summed E-state index contributed by atoms with van der Waals surface area (Å²) in [5.41, 5.74) is 7.63. The van der Waals surface area contributed by atoms with Crippen LogP contribution in [0.1, 0.15) is 5.56 Å². The molecule has 0 aliphatic carbocycles. The molecular formula is C29H24ClN7O. The number of carbonyl (C=O) groups excluding carboxylic acids is 1. The standard InChI is InChI=1S/C29H24ClN7O/c1-35-17-22(16-32-35)21-7-12-27-26(14-21)31-18-37(27)24-10-3-19(4-11-24)13-29(38)33-28-15-25(34-36(28)2)20-5-8-23(30)9-6-20/h3-12,14-18H,13H2,1-2H3,(H,33,38). The van der Waals surface area contributed by atoms with E-state index < -0.39 is 0 Å². The number of nitrogens with one attached hydrogen (secondary N) is 1. The molecule has 6 rings (SSSR count). The molecule has 3 heterocycles. The van der Waals surface area contributed by atoms with E-state index in [9.17, 15) is 4.79 Å². The molecule has 0 bridgehead atoms. The first-order chi connectivity index (χ1) is 18.4. The van der Waals surface area contributed by atoms with Crippen molar-refractivity contribution in [3.63, 3.8) is 0 Å². The Morgan fingerprint density at radius 2 is 1.68 bits per heavy atom. The molecule has 0 aliphatic rings. The average molecular weight is 522 g/mol. The molecule has 0 unspecified atom stereocenters. The van der Waals surface area contributed by atoms with Gasteiger partial charge in [-0.2, -0.15) is 10.2 Å². The molecule has 0 spiro atoms. The first kappa shape index (κ1) is 23.7. The zero-order valence-electron chi connectivity index (χ0n) is 20.8. The van der Waals surface area contributed by atoms with E-state index in [1.807, 2.05) is 84.9 Å². The number of amides is 1. The van der Waals surface area contributed by atoms with Gasteiger partial charge in [-0.25, -0.2) is 4.98 Å². The number of aromatic nitrogens is 6. The molecule has 38 heavy (non-hydrogen) atoms. The molecule has 3 aromatic carbocycles. The minimum absolute atomic E-state index is 0.112. The Hall–Kier alpha value is -4.69. The molecule has 1 N–H and O–H groups in total. The molecular weight excluding hydrogens is 498 g/mol. The number of aryl methyl sites for hydroxylation is 2. The van der Waals surface area contributed by atoms with E-state index in [-0.39, 0.29) is 12.3 Å². The zero-order valence-corrected chi connectivity index (χ0v) is 21.6. The van der Waals surface area contributed by atoms with E-state index in [4.69, 9.17) is 11.6 Å². The number of hydrogen-bond acceptors (Lipinski definition) is 4. The molecule has 0 fully saturated rings. The van der Waals surface area contributed by atoms with Crippen LogP contribution >= 0.6 is 11.6 Å². The van der Waals surface area contributed by atoms with Gasteiger partial charge >= 0.3 is 0 Å². The molecule has 188 valence electrons. The van der Waals surface area contributed by atoms with Gasteiger partial charge in [0, 0.05) is 48.2 Å². The minimum Gasteiger partial charge on any atom is -0.311 e. The molecule has 0 saturated heterocycles. The normalized spacial score (nSPS) is 11.2. The number of benzene rings is 3. The maximum absolute atomic E-state index is 12.8. The SMILES string of the molecule is Cn1cc(-c2ccc3c(c2)ncn3-c2ccc(CC(=O)Nc3cc(-c4ccc(Cl)cc4)nn3C)cc2)cn1. The molecule has 0 atom stereocenters. The van der Waals surface area contributed by atoms with Crippen LogP contribution < -0.4 is 5.32 Å². The van der Waals surface area contributed by atoms with Crippen LogP contribution in [0, 0.1) is 0 Å². The number of fused-ring (bicyclic) bond motifs is 1. The van der Waals surface area contributed by atoms with Crippen molar-refractivity contribution in [2.24, 2.45) is 14.1 Å². The predicted molar refractivity (Wildman–Crippen MR) is 149 cm³/mol. The Morgan fingerprint density at radius 3 is 2.42 bits per heavy atom. The van der Waals surface area contributed by atoms with Crippen molar-refractivity contribution in [1.82, 2.24) is 29.1 Å². The second-order valence-electron chi connectivity index (χ2n) is 9.16. The highest BCUT2D eigenvalue weighted by atomic mass is 35.5. The maximum atomic E-state index is 12.8. The van der Waals surface area contributed by atoms with Crippen molar-refractivity contribution >= 4 is 34.4 Å². The van der Waals surface area contributed by atoms with E-state index in [1.54, 1.807) is 16.4 Å². The highest BCUT2D eigenvalue weighted by Gasteiger charge is 2.12. The van der Waals surface area contributed by atoms with Gasteiger partial charge < -0.3 is 5.32 Å². The van der Waals surface area contributed by atoms with Crippen molar-refractivity contribution in [1.29, 1.82) is 0 Å². The van der Waals surface area contributed by atoms with E-state index in [0.717, 1.165) is 44.7 Å². The summed E-state index contributed by atoms with van der Waals surface area (Å²) >= 11 is 5.98. The van der Waals surface area contributed by atoms with Crippen LogP contribution in [0.2, 0.25) is 5.02 Å². The number of rotatable bonds is 6. The van der Waals surface area contributed by atoms with Crippen molar-refractivity contribution in [3.05, 3.63) is 102 Å². The Balaban J connectivity index is 1.15. The third-order valence-electron chi connectivity index (χ3n) is 6.45. The van der Waals surface area contributed by atoms with Crippen LogP contribution in [0.3, 0.4) is 0 Å². The molecule has 0 radical (unpaired) electrons. The van der Waals surface area contributed by atoms with Crippen LogP contribution in [-0.2, 0) is 25.3 Å². The molecule has 0 aliphatic heterocycles. The number of imidazole rings is 1. The van der Waals surface area contributed by atoms with E-state index in [0.29, 0.717) is 10.8 Å². The van der Waals surface area contributed by atoms with Gasteiger partial charge in [0.2, 0.25) is 5.91 Å². The summed E-state index contributed by atoms with van der Waals surface area (Å²) < 4.78 is 5.49. The van der Waals surface area contributed by atoms with Gasteiger partial charge in [0.25, 0.3) is 0 Å². The zero-order chi connectivity index (χ0) is 26.2. The van der Waals surface area contributed by atoms with Gasteiger partial charge in [-0.15, -0.1) is 0 Å². The van der Waals surface area contributed by atoms with Gasteiger partial charge in [0.05, 0.1) is 29.3 Å². The van der Waals surface area contributed by atoms with E-state index in [1.165, 1.54) is 0 Å². The summed E-state index contributed by atoms with van der Waals surface area (Å²) in [4.78, 5) is 17.4. The number of nitrogens with zero attached hydrogens (tertiary/aromatic N) is 6. The largest absolute Gasteiger partial charge is 0.311 e. The van der Waals surface area contributed by atoms with Crippen molar-refractivity contribution < 1.29 is 4.79 Å². The fourth-order valence-corrected chi connectivity index (χ4v) is 4.59. The van der Waals surface area contributed by atoms with Crippen LogP contribution in [-0.4, -0.2) is 35.0 Å². The van der Waals surface area contributed by atoms with Gasteiger partial charge in [-0.3, -0.25) is 18.7 Å². The molecule has 6 aromatic rings. The van der Waals surface area contributed by atoms with Gasteiger partial charge in [0.15, 0.2) is 0 Å². The van der Waals surface area contributed by atoms with Gasteiger partial charge in [-0.1, -0.05) is 41.9 Å². The van der Waals surface area contributed by atoms with Crippen LogP contribution in [0.5, 0.6) is 0 Å². The minimum atomic E-state index is -0.112. The summed E-state index contributed by atoms with van der Waals surface area (Å²) in [6.45, 7) is 0. The second kappa shape index (κ2) is 9.64. The van der Waals surface area contributed by atoms with Gasteiger partial charge in [-0.05, 0) is 47.5 Å². The number of carbonyl (C=O) groups is 1. The van der Waals surface area contributed by atoms with E-state index >= 15 is 0 Å². The van der Waals surface area contributed by atoms with Crippen LogP contribution in [0.25, 0.3) is 39.1 Å². The number of hydrogen-bond donors (Lipinski definition) is 1. The van der Waals surface area contributed by atoms with Gasteiger partial charge in [0.1, 0.15) is 12.1 Å². The van der Waals surface area contributed by atoms with E-state index in [2.05, 4.69) is 38.7 Å². The fourth-order valence-electron chi connectivity index (χ4n) is 4.46. The highest BCUT2D eigenvalue weighted by Crippen LogP contribution is 2.26. The Kier molecular flexibility index (Phi) is 6.01. The first-order valence-electron chi connectivity index (χ1n) is 12.1. The summed E-state index contributed by atoms with van der Waals surface area (Å²) in [6.07, 6.45) is 5.90. The number of anilines is 1. The molecule has 3 aromatic heterocycles. The second-order valence-corrected chi connectivity index (χ2v) is 9.59. The van der Waals surface area contributed by atoms with Crippen molar-refractivity contribution in [2.45, 2.75) is 6.42 Å². The molecule has 9 heteroatoms. The Labute approximate surface area is 224 Å². The molecule has 1 amide bonds. The lowest BCUT2D eigenvalue weighted by atomic mass is 10.1. The summed E-state index contributed by atoms with van der Waals surface area (Å²) in [7, 11) is 3.71. The summed E-state index contributed by atoms with van der Waals surface area (Å²) in [5.74, 6) is 0.520. The fraction of sp³-hybridized carbons (Fsp3) is 0.103. The first-order valence-corrected chi connectivity index (χ1v) is 12.5. The monoisotopic (exact) mass is 521 g/mol. The smallest absolute Gasteiger partial charge is 0.229 e. The van der Waals surface area contributed by atoms with Crippen molar-refractivity contribution in [2.75, 3.05) is 5.32 Å². The summed E-state index contributed by atoms with van der Waals surface area (Å²) in [5, 5.41) is 12.4. The topological polar surface area (TPSA) is 82.6 Å². The lowest BCUT2D eigenvalue weighted by molar-refractivity contribution is -0.115. The molecule has 0 saturated carbocycles. The average Bonchev–Trinajstić information content (AvgIpc) is 3.63. The van der Waals surface area contributed by atoms with Crippen molar-refractivity contribution in [3.8, 4) is 28.1 Å².